The van der Waals surface area contributed by atoms with Crippen molar-refractivity contribution in [3.05, 3.63) is 45.3 Å². The zero-order valence-corrected chi connectivity index (χ0v) is 10.4. The molecule has 7 heteroatoms. The number of nitrogens with zero attached hydrogens (tertiary/aromatic N) is 1. The average Bonchev–Trinajstić information content (AvgIpc) is 2.68. The number of H-pyrrole nitrogens is 1. The van der Waals surface area contributed by atoms with Crippen LogP contribution in [0.15, 0.2) is 34.0 Å². The van der Waals surface area contributed by atoms with Crippen LogP contribution in [-0.4, -0.2) is 33.0 Å². The Bertz CT molecular complexity index is 608. The number of aliphatic hydroxyl groups excluding tert-OH is 1. The zero-order valence-electron chi connectivity index (χ0n) is 10.4. The minimum Gasteiger partial charge on any atom is -0.393 e. The van der Waals surface area contributed by atoms with E-state index in [-0.39, 0.29) is 6.42 Å². The monoisotopic (exact) mass is 270 g/mol. The Morgan fingerprint density at radius 2 is 2.42 bits per heavy atom. The summed E-state index contributed by atoms with van der Waals surface area (Å²) in [6, 6.07) is 1.11. The van der Waals surface area contributed by atoms with Gasteiger partial charge in [-0.15, -0.1) is 0 Å². The van der Waals surface area contributed by atoms with Gasteiger partial charge in [-0.3, -0.25) is 14.3 Å². The van der Waals surface area contributed by atoms with Crippen LogP contribution in [0, 0.1) is 0 Å². The largest absolute Gasteiger partial charge is 0.393 e. The van der Waals surface area contributed by atoms with Gasteiger partial charge in [0.05, 0.1) is 6.61 Å². The smallest absolute Gasteiger partial charge is 0.330 e. The molecule has 1 fully saturated rings. The third kappa shape index (κ3) is 2.26. The molecule has 1 aromatic rings. The fourth-order valence-electron chi connectivity index (χ4n) is 2.14. The molecule has 0 amide bonds. The summed E-state index contributed by atoms with van der Waals surface area (Å²) in [4.78, 5) is 24.6. The average molecular weight is 270 g/mol. The van der Waals surface area contributed by atoms with Crippen LogP contribution in [0.4, 0.5) is 4.39 Å². The summed E-state index contributed by atoms with van der Waals surface area (Å²) in [6.45, 7) is 4.89. The van der Waals surface area contributed by atoms with Crippen molar-refractivity contribution in [2.75, 3.05) is 6.61 Å². The second-order valence-corrected chi connectivity index (χ2v) is 4.68. The number of rotatable bonds is 3. The highest BCUT2D eigenvalue weighted by molar-refractivity contribution is 5.15. The van der Waals surface area contributed by atoms with E-state index >= 15 is 0 Å². The van der Waals surface area contributed by atoms with E-state index < -0.39 is 35.9 Å². The first-order chi connectivity index (χ1) is 8.89. The number of ether oxygens (including phenoxy) is 1. The van der Waals surface area contributed by atoms with Crippen molar-refractivity contribution >= 4 is 0 Å². The third-order valence-corrected chi connectivity index (χ3v) is 3.34. The number of hydrogen-bond acceptors (Lipinski definition) is 4. The fourth-order valence-corrected chi connectivity index (χ4v) is 2.14. The van der Waals surface area contributed by atoms with E-state index in [2.05, 4.69) is 6.58 Å². The summed E-state index contributed by atoms with van der Waals surface area (Å²) in [5.74, 6) is 0. The van der Waals surface area contributed by atoms with Crippen molar-refractivity contribution in [1.82, 2.24) is 9.55 Å². The van der Waals surface area contributed by atoms with Crippen LogP contribution in [0.1, 0.15) is 19.6 Å². The van der Waals surface area contributed by atoms with Crippen molar-refractivity contribution in [1.29, 1.82) is 0 Å². The number of aromatic amines is 1. The Hall–Kier alpha value is -1.73. The summed E-state index contributed by atoms with van der Waals surface area (Å²) in [5.41, 5.74) is -2.03. The first-order valence-corrected chi connectivity index (χ1v) is 5.80. The molecule has 0 aromatic carbocycles. The first kappa shape index (κ1) is 13.7. The third-order valence-electron chi connectivity index (χ3n) is 3.34. The van der Waals surface area contributed by atoms with E-state index in [9.17, 15) is 19.1 Å². The van der Waals surface area contributed by atoms with E-state index in [1.807, 2.05) is 4.98 Å². The van der Waals surface area contributed by atoms with Crippen LogP contribution in [0.3, 0.4) is 0 Å². The summed E-state index contributed by atoms with van der Waals surface area (Å²) in [7, 11) is 0. The maximum atomic E-state index is 14.1. The lowest BCUT2D eigenvalue weighted by Gasteiger charge is -2.27. The topological polar surface area (TPSA) is 84.3 Å². The van der Waals surface area contributed by atoms with Crippen molar-refractivity contribution in [2.24, 2.45) is 0 Å². The lowest BCUT2D eigenvalue weighted by Crippen LogP contribution is -2.37. The standard InChI is InChI=1S/C12H15FN2O4/c1-7(2)12(6-16)5-8(13)10(19-12)15-4-3-9(17)14-11(15)18/h3-4,8,10,16H,1,5-6H2,2H3,(H,14,17,18)/t8-,10-,12+/m1/s1. The van der Waals surface area contributed by atoms with Gasteiger partial charge in [-0.05, 0) is 12.5 Å². The lowest BCUT2D eigenvalue weighted by atomic mass is 9.93. The van der Waals surface area contributed by atoms with Gasteiger partial charge < -0.3 is 9.84 Å². The predicted molar refractivity (Wildman–Crippen MR) is 65.6 cm³/mol. The number of halogens is 1. The molecule has 6 nitrogen and oxygen atoms in total. The molecule has 3 atom stereocenters. The quantitative estimate of drug-likeness (QED) is 0.763. The number of aliphatic hydroxyl groups is 1. The molecule has 0 aliphatic carbocycles. The maximum absolute atomic E-state index is 14.1. The van der Waals surface area contributed by atoms with Gasteiger partial charge in [-0.1, -0.05) is 6.58 Å². The van der Waals surface area contributed by atoms with E-state index in [1.54, 1.807) is 6.92 Å². The molecule has 0 bridgehead atoms. The molecule has 1 saturated heterocycles. The highest BCUT2D eigenvalue weighted by Crippen LogP contribution is 2.41. The number of aromatic nitrogens is 2. The molecule has 19 heavy (non-hydrogen) atoms. The molecule has 104 valence electrons. The van der Waals surface area contributed by atoms with Crippen molar-refractivity contribution in [2.45, 2.75) is 31.3 Å². The van der Waals surface area contributed by atoms with Crippen molar-refractivity contribution < 1.29 is 14.2 Å². The highest BCUT2D eigenvalue weighted by Gasteiger charge is 2.48. The molecule has 1 aliphatic rings. The Morgan fingerprint density at radius 1 is 1.74 bits per heavy atom. The van der Waals surface area contributed by atoms with E-state index in [4.69, 9.17) is 4.74 Å². The number of alkyl halides is 1. The lowest BCUT2D eigenvalue weighted by molar-refractivity contribution is -0.0851. The second kappa shape index (κ2) is 4.75. The molecular formula is C12H15FN2O4. The van der Waals surface area contributed by atoms with Gasteiger partial charge in [0.1, 0.15) is 11.8 Å². The van der Waals surface area contributed by atoms with Gasteiger partial charge >= 0.3 is 5.69 Å². The highest BCUT2D eigenvalue weighted by atomic mass is 19.1. The molecule has 0 radical (unpaired) electrons. The molecule has 0 spiro atoms. The molecule has 2 N–H and O–H groups in total. The van der Waals surface area contributed by atoms with Crippen LogP contribution < -0.4 is 11.2 Å². The van der Waals surface area contributed by atoms with Crippen LogP contribution >= 0.6 is 0 Å². The minimum absolute atomic E-state index is 0.0882. The SMILES string of the molecule is C=C(C)[C@@]1(CO)C[C@@H](F)[C@H](n2ccc(=O)[nH]c2=O)O1. The van der Waals surface area contributed by atoms with Gasteiger partial charge in [-0.25, -0.2) is 9.18 Å². The van der Waals surface area contributed by atoms with Gasteiger partial charge in [-0.2, -0.15) is 0 Å². The number of hydrogen-bond donors (Lipinski definition) is 2. The Balaban J connectivity index is 2.40. The van der Waals surface area contributed by atoms with Gasteiger partial charge in [0, 0.05) is 18.7 Å². The fraction of sp³-hybridized carbons (Fsp3) is 0.500. The molecular weight excluding hydrogens is 255 g/mol. The normalized spacial score (nSPS) is 30.5. The van der Waals surface area contributed by atoms with Crippen LogP contribution in [0.25, 0.3) is 0 Å². The van der Waals surface area contributed by atoms with Gasteiger partial charge in [0.2, 0.25) is 0 Å². The van der Waals surface area contributed by atoms with Crippen LogP contribution in [-0.2, 0) is 4.74 Å². The molecule has 1 aromatic heterocycles. The summed E-state index contributed by atoms with van der Waals surface area (Å²) >= 11 is 0. The first-order valence-electron chi connectivity index (χ1n) is 5.80. The molecule has 2 rings (SSSR count). The van der Waals surface area contributed by atoms with Gasteiger partial charge in [0.25, 0.3) is 5.56 Å². The summed E-state index contributed by atoms with van der Waals surface area (Å²) < 4.78 is 20.5. The predicted octanol–water partition coefficient (Wildman–Crippen LogP) is 0.101. The molecule has 1 aliphatic heterocycles. The summed E-state index contributed by atoms with van der Waals surface area (Å²) in [6.07, 6.45) is -1.58. The molecule has 2 heterocycles. The number of nitrogens with one attached hydrogen (secondary N) is 1. The van der Waals surface area contributed by atoms with Crippen molar-refractivity contribution in [3.8, 4) is 0 Å². The second-order valence-electron chi connectivity index (χ2n) is 4.68. The molecule has 0 saturated carbocycles. The van der Waals surface area contributed by atoms with Crippen molar-refractivity contribution in [3.63, 3.8) is 0 Å². The van der Waals surface area contributed by atoms with Gasteiger partial charge in [0.15, 0.2) is 6.23 Å². The minimum atomic E-state index is -1.48. The summed E-state index contributed by atoms with van der Waals surface area (Å²) in [5, 5.41) is 9.39. The van der Waals surface area contributed by atoms with E-state index in [0.29, 0.717) is 5.57 Å². The Kier molecular flexibility index (Phi) is 3.42. The maximum Gasteiger partial charge on any atom is 0.330 e. The Labute approximate surface area is 108 Å². The zero-order chi connectivity index (χ0) is 14.2. The van der Waals surface area contributed by atoms with E-state index in [0.717, 1.165) is 10.6 Å². The Morgan fingerprint density at radius 3 is 2.89 bits per heavy atom. The van der Waals surface area contributed by atoms with Crippen LogP contribution in [0.5, 0.6) is 0 Å². The molecule has 0 unspecified atom stereocenters. The van der Waals surface area contributed by atoms with E-state index in [1.165, 1.54) is 6.20 Å². The van der Waals surface area contributed by atoms with Crippen LogP contribution in [0.2, 0.25) is 0 Å².